The lowest BCUT2D eigenvalue weighted by atomic mass is 10.0. The number of nitrogens with zero attached hydrogens (tertiary/aromatic N) is 4. The zero-order valence-electron chi connectivity index (χ0n) is 14.2. The van der Waals surface area contributed by atoms with E-state index in [2.05, 4.69) is 36.6 Å². The largest absolute Gasteiger partial charge is 0.497 e. The number of methoxy groups -OCH3 is 1. The summed E-state index contributed by atoms with van der Waals surface area (Å²) in [5.41, 5.74) is 2.05. The molecule has 3 aromatic heterocycles. The molecule has 0 unspecified atom stereocenters. The Bertz CT molecular complexity index is 844. The monoisotopic (exact) mass is 355 g/mol. The average Bonchev–Trinajstić information content (AvgIpc) is 3.16. The molecule has 0 aromatic carbocycles. The predicted octanol–water partition coefficient (Wildman–Crippen LogP) is 2.85. The van der Waals surface area contributed by atoms with Gasteiger partial charge in [0.1, 0.15) is 17.9 Å². The van der Waals surface area contributed by atoms with E-state index < -0.39 is 0 Å². The van der Waals surface area contributed by atoms with Crippen LogP contribution in [0, 0.1) is 0 Å². The lowest BCUT2D eigenvalue weighted by molar-refractivity contribution is 0.404. The van der Waals surface area contributed by atoms with Crippen molar-refractivity contribution in [2.24, 2.45) is 0 Å². The first-order valence-electron chi connectivity index (χ1n) is 8.49. The molecule has 7 heteroatoms. The van der Waals surface area contributed by atoms with E-state index in [9.17, 15) is 0 Å². The summed E-state index contributed by atoms with van der Waals surface area (Å²) in [6, 6.07) is 6.41. The minimum absolute atomic E-state index is 0.505. The molecule has 0 radical (unpaired) electrons. The van der Waals surface area contributed by atoms with Crippen molar-refractivity contribution in [3.05, 3.63) is 41.8 Å². The van der Waals surface area contributed by atoms with Gasteiger partial charge in [0, 0.05) is 37.9 Å². The van der Waals surface area contributed by atoms with E-state index in [-0.39, 0.29) is 0 Å². The van der Waals surface area contributed by atoms with Gasteiger partial charge in [0.05, 0.1) is 23.0 Å². The number of hydrogen-bond donors (Lipinski definition) is 1. The van der Waals surface area contributed by atoms with Crippen LogP contribution in [-0.4, -0.2) is 41.2 Å². The highest BCUT2D eigenvalue weighted by atomic mass is 32.1. The molecule has 1 aliphatic rings. The van der Waals surface area contributed by atoms with E-state index in [0.29, 0.717) is 6.04 Å². The van der Waals surface area contributed by atoms with E-state index in [1.165, 1.54) is 4.70 Å². The fourth-order valence-electron chi connectivity index (χ4n) is 3.23. The topological polar surface area (TPSA) is 63.2 Å². The summed E-state index contributed by atoms with van der Waals surface area (Å²) in [5.74, 6) is 1.93. The van der Waals surface area contributed by atoms with E-state index in [0.717, 1.165) is 55.3 Å². The second kappa shape index (κ2) is 7.33. The summed E-state index contributed by atoms with van der Waals surface area (Å²) in [5, 5.41) is 5.70. The number of piperidine rings is 1. The van der Waals surface area contributed by atoms with E-state index in [1.807, 2.05) is 12.1 Å². The Morgan fingerprint density at radius 2 is 2.12 bits per heavy atom. The maximum Gasteiger partial charge on any atom is 0.150 e. The zero-order chi connectivity index (χ0) is 17.1. The highest BCUT2D eigenvalue weighted by molar-refractivity contribution is 7.17. The Kier molecular flexibility index (Phi) is 4.76. The molecule has 4 rings (SSSR count). The van der Waals surface area contributed by atoms with Crippen LogP contribution in [0.5, 0.6) is 5.75 Å². The zero-order valence-corrected chi connectivity index (χ0v) is 15.0. The SMILES string of the molecule is COc1ccnc(CNC2CCN(c3ncnc4ccsc34)CC2)c1. The first-order valence-corrected chi connectivity index (χ1v) is 9.37. The molecule has 1 saturated heterocycles. The number of hydrogen-bond acceptors (Lipinski definition) is 7. The molecule has 0 bridgehead atoms. The molecule has 0 saturated carbocycles. The Morgan fingerprint density at radius 3 is 2.96 bits per heavy atom. The minimum atomic E-state index is 0.505. The molecule has 130 valence electrons. The quantitative estimate of drug-likeness (QED) is 0.759. The first kappa shape index (κ1) is 16.2. The molecule has 1 aliphatic heterocycles. The maximum absolute atomic E-state index is 5.25. The summed E-state index contributed by atoms with van der Waals surface area (Å²) >= 11 is 1.72. The maximum atomic E-state index is 5.25. The second-order valence-electron chi connectivity index (χ2n) is 6.16. The molecule has 1 N–H and O–H groups in total. The van der Waals surface area contributed by atoms with Gasteiger partial charge in [-0.05, 0) is 30.4 Å². The van der Waals surface area contributed by atoms with Gasteiger partial charge in [-0.3, -0.25) is 4.98 Å². The molecule has 0 spiro atoms. The predicted molar refractivity (Wildman–Crippen MR) is 100 cm³/mol. The lowest BCUT2D eigenvalue weighted by Gasteiger charge is -2.33. The number of rotatable bonds is 5. The Balaban J connectivity index is 1.34. The van der Waals surface area contributed by atoms with Crippen LogP contribution in [-0.2, 0) is 6.54 Å². The van der Waals surface area contributed by atoms with Crippen LogP contribution < -0.4 is 15.0 Å². The van der Waals surface area contributed by atoms with Crippen LogP contribution >= 0.6 is 11.3 Å². The molecule has 0 atom stereocenters. The van der Waals surface area contributed by atoms with Gasteiger partial charge < -0.3 is 15.0 Å². The van der Waals surface area contributed by atoms with Crippen LogP contribution in [0.25, 0.3) is 10.2 Å². The number of pyridine rings is 1. The van der Waals surface area contributed by atoms with E-state index in [4.69, 9.17) is 4.74 Å². The van der Waals surface area contributed by atoms with Crippen molar-refractivity contribution < 1.29 is 4.74 Å². The van der Waals surface area contributed by atoms with Gasteiger partial charge in [-0.25, -0.2) is 9.97 Å². The van der Waals surface area contributed by atoms with Crippen LogP contribution in [0.1, 0.15) is 18.5 Å². The van der Waals surface area contributed by atoms with Crippen molar-refractivity contribution in [2.75, 3.05) is 25.1 Å². The smallest absolute Gasteiger partial charge is 0.150 e. The van der Waals surface area contributed by atoms with E-state index >= 15 is 0 Å². The number of aromatic nitrogens is 3. The molecule has 4 heterocycles. The van der Waals surface area contributed by atoms with Crippen LogP contribution in [0.2, 0.25) is 0 Å². The van der Waals surface area contributed by atoms with Crippen molar-refractivity contribution in [3.63, 3.8) is 0 Å². The number of ether oxygens (including phenoxy) is 1. The summed E-state index contributed by atoms with van der Waals surface area (Å²) < 4.78 is 6.44. The molecule has 0 amide bonds. The molecular formula is C18H21N5OS. The van der Waals surface area contributed by atoms with Crippen molar-refractivity contribution in [2.45, 2.75) is 25.4 Å². The Morgan fingerprint density at radius 1 is 1.24 bits per heavy atom. The average molecular weight is 355 g/mol. The number of anilines is 1. The van der Waals surface area contributed by atoms with Gasteiger partial charge in [0.25, 0.3) is 0 Å². The summed E-state index contributed by atoms with van der Waals surface area (Å²) in [4.78, 5) is 15.6. The van der Waals surface area contributed by atoms with Crippen LogP contribution in [0.4, 0.5) is 5.82 Å². The van der Waals surface area contributed by atoms with Gasteiger partial charge in [-0.1, -0.05) is 0 Å². The van der Waals surface area contributed by atoms with Crippen molar-refractivity contribution in [1.29, 1.82) is 0 Å². The molecule has 0 aliphatic carbocycles. The second-order valence-corrected chi connectivity index (χ2v) is 7.08. The Hall–Kier alpha value is -2.25. The van der Waals surface area contributed by atoms with Gasteiger partial charge in [0.15, 0.2) is 0 Å². The molecule has 6 nitrogen and oxygen atoms in total. The van der Waals surface area contributed by atoms with Gasteiger partial charge in [-0.2, -0.15) is 0 Å². The Labute approximate surface area is 150 Å². The minimum Gasteiger partial charge on any atom is -0.497 e. The summed E-state index contributed by atoms with van der Waals surface area (Å²) in [6.45, 7) is 2.78. The van der Waals surface area contributed by atoms with Crippen LogP contribution in [0.3, 0.4) is 0 Å². The summed E-state index contributed by atoms with van der Waals surface area (Å²) in [7, 11) is 1.68. The van der Waals surface area contributed by atoms with Gasteiger partial charge >= 0.3 is 0 Å². The molecular weight excluding hydrogens is 334 g/mol. The number of fused-ring (bicyclic) bond motifs is 1. The normalized spacial score (nSPS) is 15.6. The fraction of sp³-hybridized carbons (Fsp3) is 0.389. The fourth-order valence-corrected chi connectivity index (χ4v) is 4.09. The third-order valence-electron chi connectivity index (χ3n) is 4.61. The van der Waals surface area contributed by atoms with E-state index in [1.54, 1.807) is 31.0 Å². The number of thiophene rings is 1. The first-order chi connectivity index (χ1) is 12.3. The van der Waals surface area contributed by atoms with Crippen molar-refractivity contribution >= 4 is 27.4 Å². The van der Waals surface area contributed by atoms with Gasteiger partial charge in [-0.15, -0.1) is 11.3 Å². The molecule has 3 aromatic rings. The number of nitrogens with one attached hydrogen (secondary N) is 1. The standard InChI is InChI=1S/C18H21N5OS/c1-24-15-2-6-19-14(10-15)11-20-13-3-7-23(8-4-13)18-17-16(5-9-25-17)21-12-22-18/h2,5-6,9-10,12-13,20H,3-4,7-8,11H2,1H3. The highest BCUT2D eigenvalue weighted by Gasteiger charge is 2.21. The van der Waals surface area contributed by atoms with Gasteiger partial charge in [0.2, 0.25) is 0 Å². The third-order valence-corrected chi connectivity index (χ3v) is 5.51. The highest BCUT2D eigenvalue weighted by Crippen LogP contribution is 2.29. The van der Waals surface area contributed by atoms with Crippen molar-refractivity contribution in [3.8, 4) is 5.75 Å². The lowest BCUT2D eigenvalue weighted by Crippen LogP contribution is -2.42. The van der Waals surface area contributed by atoms with Crippen LogP contribution in [0.15, 0.2) is 36.1 Å². The molecule has 1 fully saturated rings. The summed E-state index contributed by atoms with van der Waals surface area (Å²) in [6.07, 6.45) is 5.66. The van der Waals surface area contributed by atoms with Crippen molar-refractivity contribution in [1.82, 2.24) is 20.3 Å². The third kappa shape index (κ3) is 3.57. The molecule has 25 heavy (non-hydrogen) atoms.